The predicted molar refractivity (Wildman–Crippen MR) is 111 cm³/mol. The van der Waals surface area contributed by atoms with Gasteiger partial charge in [-0.2, -0.15) is 0 Å². The molecule has 0 aromatic heterocycles. The van der Waals surface area contributed by atoms with Gasteiger partial charge in [0.15, 0.2) is 0 Å². The van der Waals surface area contributed by atoms with Crippen molar-refractivity contribution in [2.45, 2.75) is 26.9 Å². The average Bonchev–Trinajstić information content (AvgIpc) is 2.96. The van der Waals surface area contributed by atoms with Crippen LogP contribution in [0.25, 0.3) is 5.70 Å². The van der Waals surface area contributed by atoms with E-state index in [9.17, 15) is 9.59 Å². The van der Waals surface area contributed by atoms with Gasteiger partial charge >= 0.3 is 0 Å². The third kappa shape index (κ3) is 4.15. The lowest BCUT2D eigenvalue weighted by Crippen LogP contribution is -2.36. The highest BCUT2D eigenvalue weighted by Gasteiger charge is 2.31. The molecule has 0 aliphatic carbocycles. The number of nitrogens with zero attached hydrogens (tertiary/aromatic N) is 2. The quantitative estimate of drug-likeness (QED) is 0.768. The van der Waals surface area contributed by atoms with Gasteiger partial charge in [-0.1, -0.05) is 62.9 Å². The van der Waals surface area contributed by atoms with E-state index in [2.05, 4.69) is 36.7 Å². The van der Waals surface area contributed by atoms with Gasteiger partial charge in [0.1, 0.15) is 6.54 Å². The summed E-state index contributed by atoms with van der Waals surface area (Å²) in [6.07, 6.45) is 0. The van der Waals surface area contributed by atoms with E-state index in [1.807, 2.05) is 36.4 Å². The van der Waals surface area contributed by atoms with Crippen molar-refractivity contribution in [2.24, 2.45) is 0 Å². The second kappa shape index (κ2) is 8.85. The molecule has 1 aliphatic heterocycles. The Hall–Kier alpha value is -2.92. The molecule has 1 heterocycles. The summed E-state index contributed by atoms with van der Waals surface area (Å²) in [5.41, 5.74) is 4.28. The normalized spacial score (nSPS) is 13.2. The molecule has 5 heteroatoms. The van der Waals surface area contributed by atoms with E-state index in [4.69, 9.17) is 0 Å². The Morgan fingerprint density at radius 1 is 1.00 bits per heavy atom. The summed E-state index contributed by atoms with van der Waals surface area (Å²) in [5.74, 6) is -0.363. The van der Waals surface area contributed by atoms with Gasteiger partial charge in [-0.25, -0.2) is 0 Å². The fourth-order valence-corrected chi connectivity index (χ4v) is 3.47. The molecule has 146 valence electrons. The van der Waals surface area contributed by atoms with Gasteiger partial charge < -0.3 is 5.32 Å². The fourth-order valence-electron chi connectivity index (χ4n) is 3.47. The molecule has 0 unspecified atom stereocenters. The lowest BCUT2D eigenvalue weighted by molar-refractivity contribution is -0.121. The zero-order valence-corrected chi connectivity index (χ0v) is 16.6. The molecule has 2 amide bonds. The SMILES string of the molecule is C=C1c2ccccc2C(=O)N1CC(=O)NCc1ccccc1CN(CC)CC. The molecule has 28 heavy (non-hydrogen) atoms. The second-order valence-corrected chi connectivity index (χ2v) is 6.89. The van der Waals surface area contributed by atoms with E-state index in [0.717, 1.165) is 30.8 Å². The Balaban J connectivity index is 1.62. The highest BCUT2D eigenvalue weighted by Crippen LogP contribution is 2.30. The first-order valence-corrected chi connectivity index (χ1v) is 9.71. The fraction of sp³-hybridized carbons (Fsp3) is 0.304. The largest absolute Gasteiger partial charge is 0.350 e. The molecule has 2 aromatic carbocycles. The summed E-state index contributed by atoms with van der Waals surface area (Å²) < 4.78 is 0. The monoisotopic (exact) mass is 377 g/mol. The summed E-state index contributed by atoms with van der Waals surface area (Å²) in [5, 5.41) is 2.95. The van der Waals surface area contributed by atoms with Crippen LogP contribution in [-0.4, -0.2) is 41.2 Å². The summed E-state index contributed by atoms with van der Waals surface area (Å²) in [6.45, 7) is 11.5. The lowest BCUT2D eigenvalue weighted by Gasteiger charge is -2.21. The number of amides is 2. The third-order valence-corrected chi connectivity index (χ3v) is 5.22. The number of carbonyl (C=O) groups is 2. The number of rotatable bonds is 8. The van der Waals surface area contributed by atoms with Gasteiger partial charge in [-0.15, -0.1) is 0 Å². The summed E-state index contributed by atoms with van der Waals surface area (Å²) in [7, 11) is 0. The van der Waals surface area contributed by atoms with Crippen LogP contribution in [0.4, 0.5) is 0 Å². The standard InChI is InChI=1S/C23H27N3O2/c1-4-25(5-2)15-19-11-7-6-10-18(19)14-24-22(27)16-26-17(3)20-12-8-9-13-21(20)23(26)28/h6-13H,3-5,14-16H2,1-2H3,(H,24,27). The van der Waals surface area contributed by atoms with E-state index in [-0.39, 0.29) is 18.4 Å². The van der Waals surface area contributed by atoms with Crippen LogP contribution in [0.5, 0.6) is 0 Å². The molecule has 0 atom stereocenters. The van der Waals surface area contributed by atoms with Gasteiger partial charge in [0.05, 0.1) is 0 Å². The van der Waals surface area contributed by atoms with Gasteiger partial charge in [0, 0.05) is 29.9 Å². The first-order valence-electron chi connectivity index (χ1n) is 9.71. The number of fused-ring (bicyclic) bond motifs is 1. The van der Waals surface area contributed by atoms with Crippen molar-refractivity contribution in [1.29, 1.82) is 0 Å². The Morgan fingerprint density at radius 3 is 2.25 bits per heavy atom. The molecule has 5 nitrogen and oxygen atoms in total. The third-order valence-electron chi connectivity index (χ3n) is 5.22. The Labute approximate surface area is 166 Å². The van der Waals surface area contributed by atoms with E-state index in [1.54, 1.807) is 6.07 Å². The van der Waals surface area contributed by atoms with Crippen molar-refractivity contribution in [2.75, 3.05) is 19.6 Å². The van der Waals surface area contributed by atoms with Crippen molar-refractivity contribution in [3.05, 3.63) is 77.4 Å². The van der Waals surface area contributed by atoms with Crippen molar-refractivity contribution >= 4 is 17.5 Å². The first-order chi connectivity index (χ1) is 13.5. The van der Waals surface area contributed by atoms with E-state index in [0.29, 0.717) is 17.8 Å². The summed E-state index contributed by atoms with van der Waals surface area (Å²) >= 11 is 0. The smallest absolute Gasteiger partial charge is 0.259 e. The van der Waals surface area contributed by atoms with Crippen LogP contribution in [0.3, 0.4) is 0 Å². The van der Waals surface area contributed by atoms with Crippen LogP contribution in [0.15, 0.2) is 55.1 Å². The second-order valence-electron chi connectivity index (χ2n) is 6.89. The molecule has 1 N–H and O–H groups in total. The molecule has 0 saturated heterocycles. The van der Waals surface area contributed by atoms with E-state index < -0.39 is 0 Å². The number of benzene rings is 2. The van der Waals surface area contributed by atoms with Gasteiger partial charge in [-0.3, -0.25) is 19.4 Å². The Morgan fingerprint density at radius 2 is 1.61 bits per heavy atom. The summed E-state index contributed by atoms with van der Waals surface area (Å²) in [4.78, 5) is 28.8. The molecule has 0 bridgehead atoms. The molecule has 0 spiro atoms. The minimum atomic E-state index is -0.194. The zero-order valence-electron chi connectivity index (χ0n) is 16.6. The van der Waals surface area contributed by atoms with Gasteiger partial charge in [0.25, 0.3) is 5.91 Å². The topological polar surface area (TPSA) is 52.7 Å². The molecule has 0 saturated carbocycles. The molecule has 1 aliphatic rings. The van der Waals surface area contributed by atoms with Gasteiger partial charge in [0.2, 0.25) is 5.91 Å². The van der Waals surface area contributed by atoms with Crippen molar-refractivity contribution < 1.29 is 9.59 Å². The van der Waals surface area contributed by atoms with Crippen LogP contribution >= 0.6 is 0 Å². The molecule has 0 radical (unpaired) electrons. The number of nitrogens with one attached hydrogen (secondary N) is 1. The van der Waals surface area contributed by atoms with Gasteiger partial charge in [-0.05, 0) is 30.3 Å². The maximum absolute atomic E-state index is 12.5. The van der Waals surface area contributed by atoms with Crippen LogP contribution in [0.2, 0.25) is 0 Å². The minimum absolute atomic E-state index is 0.0233. The highest BCUT2D eigenvalue weighted by molar-refractivity contribution is 6.10. The van der Waals surface area contributed by atoms with E-state index in [1.165, 1.54) is 10.5 Å². The predicted octanol–water partition coefficient (Wildman–Crippen LogP) is 3.27. The van der Waals surface area contributed by atoms with Crippen molar-refractivity contribution in [3.8, 4) is 0 Å². The molecule has 3 rings (SSSR count). The van der Waals surface area contributed by atoms with Crippen LogP contribution < -0.4 is 5.32 Å². The molecular weight excluding hydrogens is 350 g/mol. The average molecular weight is 377 g/mol. The number of carbonyl (C=O) groups excluding carboxylic acids is 2. The molecule has 0 fully saturated rings. The van der Waals surface area contributed by atoms with Crippen LogP contribution in [0, 0.1) is 0 Å². The maximum atomic E-state index is 12.5. The lowest BCUT2D eigenvalue weighted by atomic mass is 10.1. The molecule has 2 aromatic rings. The minimum Gasteiger partial charge on any atom is -0.350 e. The van der Waals surface area contributed by atoms with E-state index >= 15 is 0 Å². The Kier molecular flexibility index (Phi) is 6.26. The zero-order chi connectivity index (χ0) is 20.1. The first kappa shape index (κ1) is 19.8. The number of hydrogen-bond acceptors (Lipinski definition) is 3. The highest BCUT2D eigenvalue weighted by atomic mass is 16.2. The van der Waals surface area contributed by atoms with Crippen molar-refractivity contribution in [1.82, 2.24) is 15.1 Å². The maximum Gasteiger partial charge on any atom is 0.259 e. The van der Waals surface area contributed by atoms with Crippen molar-refractivity contribution in [3.63, 3.8) is 0 Å². The van der Waals surface area contributed by atoms with Crippen LogP contribution in [0.1, 0.15) is 40.9 Å². The van der Waals surface area contributed by atoms with Crippen LogP contribution in [-0.2, 0) is 17.9 Å². The number of hydrogen-bond donors (Lipinski definition) is 1. The molecular formula is C23H27N3O2. The Bertz CT molecular complexity index is 852. The summed E-state index contributed by atoms with van der Waals surface area (Å²) in [6, 6.07) is 15.5.